The first-order valence-corrected chi connectivity index (χ1v) is 9.58. The number of anilines is 1. The minimum Gasteiger partial charge on any atom is -0.317 e. The summed E-state index contributed by atoms with van der Waals surface area (Å²) in [5.74, 6) is -0.0759. The smallest absolute Gasteiger partial charge is 0.221 e. The minimum absolute atomic E-state index is 0.0759. The third kappa shape index (κ3) is 2.61. The summed E-state index contributed by atoms with van der Waals surface area (Å²) >= 11 is 9.53. The van der Waals surface area contributed by atoms with Crippen molar-refractivity contribution >= 4 is 55.6 Å². The molecule has 0 fully saturated rings. The molecule has 0 radical (unpaired) electrons. The number of amides is 1. The fraction of sp³-hybridized carbons (Fsp3) is 0.312. The molecule has 0 bridgehead atoms. The summed E-state index contributed by atoms with van der Waals surface area (Å²) < 4.78 is 2.92. The average Bonchev–Trinajstić information content (AvgIpc) is 3.11. The van der Waals surface area contributed by atoms with Gasteiger partial charge in [0.25, 0.3) is 0 Å². The number of thiazole rings is 1. The topological polar surface area (TPSA) is 58.1 Å². The molecule has 0 saturated heterocycles. The van der Waals surface area contributed by atoms with Crippen LogP contribution in [-0.2, 0) is 11.2 Å². The summed E-state index contributed by atoms with van der Waals surface area (Å²) in [5.41, 5.74) is 3.18. The lowest BCUT2D eigenvalue weighted by Crippen LogP contribution is -2.25. The summed E-state index contributed by atoms with van der Waals surface area (Å²) in [6, 6.07) is 2.09. The molecule has 0 aromatic carbocycles. The lowest BCUT2D eigenvalue weighted by molar-refractivity contribution is -0.114. The molecular weight excluding hydrogens is 364 g/mol. The second kappa shape index (κ2) is 6.07. The molecule has 0 saturated carbocycles. The molecule has 124 valence electrons. The maximum absolute atomic E-state index is 11.7. The van der Waals surface area contributed by atoms with Gasteiger partial charge in [-0.25, -0.2) is 9.40 Å². The Kier molecular flexibility index (Phi) is 4.04. The van der Waals surface area contributed by atoms with Crippen LogP contribution in [0.4, 0.5) is 5.00 Å². The number of hydrogen-bond acceptors (Lipinski definition) is 6. The highest BCUT2D eigenvalue weighted by Crippen LogP contribution is 2.48. The van der Waals surface area contributed by atoms with E-state index in [0.29, 0.717) is 0 Å². The zero-order valence-electron chi connectivity index (χ0n) is 13.2. The van der Waals surface area contributed by atoms with Gasteiger partial charge in [-0.1, -0.05) is 0 Å². The number of nitrogens with one attached hydrogen (secondary N) is 1. The quantitative estimate of drug-likeness (QED) is 0.669. The Morgan fingerprint density at radius 3 is 3.04 bits per heavy atom. The van der Waals surface area contributed by atoms with E-state index in [-0.39, 0.29) is 11.9 Å². The molecule has 0 spiro atoms. The van der Waals surface area contributed by atoms with Crippen molar-refractivity contribution in [2.24, 2.45) is 0 Å². The largest absolute Gasteiger partial charge is 0.317 e. The minimum atomic E-state index is -0.0759. The number of fused-ring (bicyclic) bond motifs is 2. The van der Waals surface area contributed by atoms with Crippen molar-refractivity contribution in [2.45, 2.75) is 26.3 Å². The number of halogens is 1. The van der Waals surface area contributed by atoms with Crippen LogP contribution in [0.25, 0.3) is 20.8 Å². The van der Waals surface area contributed by atoms with Crippen LogP contribution in [0, 0.1) is 0 Å². The highest BCUT2D eigenvalue weighted by atomic mass is 35.5. The van der Waals surface area contributed by atoms with Crippen molar-refractivity contribution in [3.05, 3.63) is 28.9 Å². The van der Waals surface area contributed by atoms with Gasteiger partial charge in [-0.3, -0.25) is 9.78 Å². The summed E-state index contributed by atoms with van der Waals surface area (Å²) in [6.45, 7) is 4.40. The normalized spacial score (nSPS) is 17.9. The Morgan fingerprint density at radius 2 is 2.29 bits per heavy atom. The molecule has 1 atom stereocenters. The third-order valence-electron chi connectivity index (χ3n) is 4.11. The molecule has 3 aromatic rings. The first-order valence-electron chi connectivity index (χ1n) is 7.61. The number of pyridine rings is 1. The lowest BCUT2D eigenvalue weighted by atomic mass is 10.0. The molecular formula is C16H15ClN4OS2. The standard InChI is InChI=1S/C16H15ClN4OS2/c1-8-14-10(4-6-21(8)17)13(15(24-14)19-9(2)22)16-20-11-7-18-5-3-12(11)23-16/h3,5,7-8H,4,6H2,1-2H3,(H,19,22). The van der Waals surface area contributed by atoms with E-state index in [9.17, 15) is 4.79 Å². The molecule has 1 unspecified atom stereocenters. The van der Waals surface area contributed by atoms with Crippen LogP contribution in [-0.4, -0.2) is 26.8 Å². The summed E-state index contributed by atoms with van der Waals surface area (Å²) in [7, 11) is 0. The molecule has 5 nitrogen and oxygen atoms in total. The van der Waals surface area contributed by atoms with Crippen LogP contribution in [0.1, 0.15) is 30.3 Å². The first-order chi connectivity index (χ1) is 11.5. The number of carbonyl (C=O) groups is 1. The fourth-order valence-corrected chi connectivity index (χ4v) is 5.65. The van der Waals surface area contributed by atoms with E-state index in [1.54, 1.807) is 35.1 Å². The van der Waals surface area contributed by atoms with Crippen LogP contribution in [0.3, 0.4) is 0 Å². The molecule has 3 aromatic heterocycles. The Morgan fingerprint density at radius 1 is 1.46 bits per heavy atom. The second-order valence-electron chi connectivity index (χ2n) is 5.74. The highest BCUT2D eigenvalue weighted by Gasteiger charge is 2.31. The zero-order valence-corrected chi connectivity index (χ0v) is 15.6. The van der Waals surface area contributed by atoms with Gasteiger partial charge in [-0.05, 0) is 36.8 Å². The predicted octanol–water partition coefficient (Wildman–Crippen LogP) is 4.45. The van der Waals surface area contributed by atoms with Crippen molar-refractivity contribution in [3.63, 3.8) is 0 Å². The van der Waals surface area contributed by atoms with Gasteiger partial charge in [0.2, 0.25) is 5.91 Å². The number of aromatic nitrogens is 2. The van der Waals surface area contributed by atoms with E-state index in [1.807, 2.05) is 10.5 Å². The van der Waals surface area contributed by atoms with Crippen molar-refractivity contribution < 1.29 is 4.79 Å². The number of rotatable bonds is 2. The molecule has 1 N–H and O–H groups in total. The second-order valence-corrected chi connectivity index (χ2v) is 8.26. The van der Waals surface area contributed by atoms with Gasteiger partial charge in [0.1, 0.15) is 15.5 Å². The van der Waals surface area contributed by atoms with Gasteiger partial charge < -0.3 is 5.32 Å². The van der Waals surface area contributed by atoms with Crippen molar-refractivity contribution in [3.8, 4) is 10.6 Å². The summed E-state index contributed by atoms with van der Waals surface area (Å²) in [6.07, 6.45) is 4.40. The molecule has 1 aliphatic heterocycles. The van der Waals surface area contributed by atoms with E-state index < -0.39 is 0 Å². The molecule has 4 heterocycles. The molecule has 8 heteroatoms. The first kappa shape index (κ1) is 16.0. The molecule has 0 aliphatic carbocycles. The number of thiophene rings is 1. The third-order valence-corrected chi connectivity index (χ3v) is 6.94. The van der Waals surface area contributed by atoms with Crippen LogP contribution in [0.5, 0.6) is 0 Å². The molecule has 1 aliphatic rings. The maximum Gasteiger partial charge on any atom is 0.221 e. The summed E-state index contributed by atoms with van der Waals surface area (Å²) in [4.78, 5) is 21.7. The fourth-order valence-electron chi connectivity index (χ4n) is 2.97. The van der Waals surface area contributed by atoms with Crippen LogP contribution in [0.15, 0.2) is 18.5 Å². The molecule has 1 amide bonds. The monoisotopic (exact) mass is 378 g/mol. The average molecular weight is 379 g/mol. The van der Waals surface area contributed by atoms with Crippen LogP contribution >= 0.6 is 34.5 Å². The van der Waals surface area contributed by atoms with Gasteiger partial charge in [0.15, 0.2) is 0 Å². The van der Waals surface area contributed by atoms with Gasteiger partial charge in [0, 0.05) is 30.1 Å². The van der Waals surface area contributed by atoms with E-state index in [4.69, 9.17) is 16.8 Å². The number of nitrogens with zero attached hydrogens (tertiary/aromatic N) is 3. The Bertz CT molecular complexity index is 902. The maximum atomic E-state index is 11.7. The Hall–Kier alpha value is -1.54. The van der Waals surface area contributed by atoms with Crippen molar-refractivity contribution in [1.29, 1.82) is 0 Å². The summed E-state index contributed by atoms with van der Waals surface area (Å²) in [5, 5.41) is 4.76. The van der Waals surface area contributed by atoms with Gasteiger partial charge >= 0.3 is 0 Å². The number of hydrogen-bond donors (Lipinski definition) is 1. The molecule has 4 rings (SSSR count). The SMILES string of the molecule is CC(=O)Nc1sc2c(c1-c1nc3cnccc3s1)CCN(Cl)C2C. The number of carbonyl (C=O) groups excluding carboxylic acids is 1. The van der Waals surface area contributed by atoms with Gasteiger partial charge in [-0.2, -0.15) is 0 Å². The Balaban J connectivity index is 1.92. The Labute approximate surface area is 152 Å². The van der Waals surface area contributed by atoms with E-state index in [2.05, 4.69) is 17.2 Å². The van der Waals surface area contributed by atoms with Crippen LogP contribution < -0.4 is 5.32 Å². The van der Waals surface area contributed by atoms with Crippen molar-refractivity contribution in [1.82, 2.24) is 14.4 Å². The van der Waals surface area contributed by atoms with Crippen LogP contribution in [0.2, 0.25) is 0 Å². The molecule has 24 heavy (non-hydrogen) atoms. The van der Waals surface area contributed by atoms with E-state index >= 15 is 0 Å². The van der Waals surface area contributed by atoms with E-state index in [1.165, 1.54) is 17.4 Å². The van der Waals surface area contributed by atoms with Crippen molar-refractivity contribution in [2.75, 3.05) is 11.9 Å². The van der Waals surface area contributed by atoms with Gasteiger partial charge in [-0.15, -0.1) is 22.7 Å². The van der Waals surface area contributed by atoms with E-state index in [0.717, 1.165) is 38.8 Å². The predicted molar refractivity (Wildman–Crippen MR) is 99.7 cm³/mol. The van der Waals surface area contributed by atoms with Gasteiger partial charge in [0.05, 0.1) is 16.9 Å². The lowest BCUT2D eigenvalue weighted by Gasteiger charge is -2.27. The zero-order chi connectivity index (χ0) is 16.8. The highest BCUT2D eigenvalue weighted by molar-refractivity contribution is 7.23.